The molecule has 2 aromatic rings. The first-order chi connectivity index (χ1) is 14.0. The molecule has 4 N–H and O–H groups in total. The smallest absolute Gasteiger partial charge is 0.407 e. The van der Waals surface area contributed by atoms with Gasteiger partial charge in [0, 0.05) is 35.7 Å². The predicted molar refractivity (Wildman–Crippen MR) is 107 cm³/mol. The first-order valence-corrected chi connectivity index (χ1v) is 9.70. The lowest BCUT2D eigenvalue weighted by Gasteiger charge is -2.22. The van der Waals surface area contributed by atoms with E-state index in [1.54, 1.807) is 18.2 Å². The van der Waals surface area contributed by atoms with E-state index in [4.69, 9.17) is 17.4 Å². The maximum atomic E-state index is 12.9. The fourth-order valence-electron chi connectivity index (χ4n) is 2.95. The number of hydrazine groups is 1. The molecule has 1 aliphatic carbocycles. The van der Waals surface area contributed by atoms with E-state index in [9.17, 15) is 14.0 Å². The molecule has 10 heteroatoms. The molecule has 1 aliphatic rings. The number of hydrogen-bond acceptors (Lipinski definition) is 6. The molecule has 3 rings (SSSR count). The van der Waals surface area contributed by atoms with Crippen molar-refractivity contribution in [1.82, 2.24) is 20.6 Å². The quantitative estimate of drug-likeness (QED) is 0.324. The van der Waals surface area contributed by atoms with Crippen LogP contribution < -0.4 is 16.6 Å². The number of carbonyl (C=O) groups excluding carboxylic acids is 2. The molecule has 0 spiro atoms. The highest BCUT2D eigenvalue weighted by molar-refractivity contribution is 6.35. The van der Waals surface area contributed by atoms with E-state index in [1.165, 1.54) is 4.90 Å². The standard InChI is InChI=1S/C19H23ClFN5O3/c20-15-10-16(12-1-2-12)25-17-9-13(3-4-14(15)17)18(27)26(11-24-22)7-6-23-19(28)29-8-5-21/h3-4,9-10,12,24H,1-2,5-8,11,22H2,(H,23,28). The summed E-state index contributed by atoms with van der Waals surface area (Å²) in [6.07, 6.45) is 1.46. The highest BCUT2D eigenvalue weighted by Gasteiger charge is 2.26. The Morgan fingerprint density at radius 1 is 1.34 bits per heavy atom. The summed E-state index contributed by atoms with van der Waals surface area (Å²) in [5, 5.41) is 3.86. The number of halogens is 2. The van der Waals surface area contributed by atoms with Gasteiger partial charge in [-0.25, -0.2) is 14.6 Å². The topological polar surface area (TPSA) is 110 Å². The van der Waals surface area contributed by atoms with E-state index >= 15 is 0 Å². The average molecular weight is 424 g/mol. The van der Waals surface area contributed by atoms with Crippen molar-refractivity contribution >= 4 is 34.5 Å². The SMILES string of the molecule is NNCN(CCNC(=O)OCCF)C(=O)c1ccc2c(Cl)cc(C3CC3)nc2c1. The van der Waals surface area contributed by atoms with Crippen molar-refractivity contribution < 1.29 is 18.7 Å². The Balaban J connectivity index is 1.71. The van der Waals surface area contributed by atoms with Gasteiger partial charge in [0.15, 0.2) is 0 Å². The molecular formula is C19H23ClFN5O3. The molecule has 156 valence electrons. The summed E-state index contributed by atoms with van der Waals surface area (Å²) in [5.41, 5.74) is 4.49. The van der Waals surface area contributed by atoms with Gasteiger partial charge in [-0.2, -0.15) is 0 Å². The predicted octanol–water partition coefficient (Wildman–Crippen LogP) is 2.32. The van der Waals surface area contributed by atoms with Crippen molar-refractivity contribution in [3.05, 3.63) is 40.5 Å². The first-order valence-electron chi connectivity index (χ1n) is 9.33. The van der Waals surface area contributed by atoms with Gasteiger partial charge < -0.3 is 15.0 Å². The van der Waals surface area contributed by atoms with Crippen LogP contribution in [-0.2, 0) is 4.74 Å². The van der Waals surface area contributed by atoms with Gasteiger partial charge in [-0.1, -0.05) is 17.7 Å². The van der Waals surface area contributed by atoms with Crippen molar-refractivity contribution in [3.63, 3.8) is 0 Å². The highest BCUT2D eigenvalue weighted by atomic mass is 35.5. The van der Waals surface area contributed by atoms with Gasteiger partial charge in [0.2, 0.25) is 0 Å². The Hall–Kier alpha value is -2.49. The third kappa shape index (κ3) is 5.53. The van der Waals surface area contributed by atoms with E-state index in [-0.39, 0.29) is 32.3 Å². The Morgan fingerprint density at radius 3 is 2.83 bits per heavy atom. The van der Waals surface area contributed by atoms with Crippen molar-refractivity contribution in [2.24, 2.45) is 5.84 Å². The number of nitrogens with one attached hydrogen (secondary N) is 2. The molecular weight excluding hydrogens is 401 g/mol. The van der Waals surface area contributed by atoms with Gasteiger partial charge >= 0.3 is 6.09 Å². The summed E-state index contributed by atoms with van der Waals surface area (Å²) in [4.78, 5) is 30.4. The van der Waals surface area contributed by atoms with Gasteiger partial charge in [0.1, 0.15) is 13.3 Å². The Kier molecular flexibility index (Phi) is 7.18. The molecule has 1 aromatic heterocycles. The fourth-order valence-corrected chi connectivity index (χ4v) is 3.22. The minimum absolute atomic E-state index is 0.0778. The van der Waals surface area contributed by atoms with E-state index in [1.807, 2.05) is 6.07 Å². The minimum atomic E-state index is -0.752. The van der Waals surface area contributed by atoms with Crippen LogP contribution in [0.4, 0.5) is 9.18 Å². The number of fused-ring (bicyclic) bond motifs is 1. The molecule has 0 atom stereocenters. The first kappa shape index (κ1) is 21.2. The number of benzene rings is 1. The van der Waals surface area contributed by atoms with Gasteiger partial charge in [-0.3, -0.25) is 15.6 Å². The van der Waals surface area contributed by atoms with Crippen LogP contribution in [0.25, 0.3) is 10.9 Å². The average Bonchev–Trinajstić information content (AvgIpc) is 3.56. The fraction of sp³-hybridized carbons (Fsp3) is 0.421. The van der Waals surface area contributed by atoms with Crippen LogP contribution in [0.1, 0.15) is 34.8 Å². The van der Waals surface area contributed by atoms with Crippen LogP contribution in [0, 0.1) is 0 Å². The maximum absolute atomic E-state index is 12.9. The monoisotopic (exact) mass is 423 g/mol. The van der Waals surface area contributed by atoms with Crippen LogP contribution in [-0.4, -0.2) is 54.9 Å². The van der Waals surface area contributed by atoms with Crippen molar-refractivity contribution in [2.75, 3.05) is 33.0 Å². The van der Waals surface area contributed by atoms with E-state index < -0.39 is 12.8 Å². The number of amides is 2. The number of nitrogens with two attached hydrogens (primary N) is 1. The van der Waals surface area contributed by atoms with E-state index in [2.05, 4.69) is 20.5 Å². The zero-order valence-corrected chi connectivity index (χ0v) is 16.5. The molecule has 1 aromatic carbocycles. The molecule has 0 radical (unpaired) electrons. The Morgan fingerprint density at radius 2 is 2.14 bits per heavy atom. The number of aromatic nitrogens is 1. The van der Waals surface area contributed by atoms with Crippen LogP contribution in [0.5, 0.6) is 0 Å². The normalized spacial score (nSPS) is 13.3. The van der Waals surface area contributed by atoms with Crippen LogP contribution in [0.15, 0.2) is 24.3 Å². The zero-order valence-electron chi connectivity index (χ0n) is 15.8. The molecule has 29 heavy (non-hydrogen) atoms. The second kappa shape index (κ2) is 9.82. The number of pyridine rings is 1. The molecule has 1 heterocycles. The molecule has 0 aliphatic heterocycles. The summed E-state index contributed by atoms with van der Waals surface area (Å²) in [7, 11) is 0. The van der Waals surface area contributed by atoms with Gasteiger partial charge in [-0.05, 0) is 31.0 Å². The Bertz CT molecular complexity index is 894. The lowest BCUT2D eigenvalue weighted by atomic mass is 10.1. The van der Waals surface area contributed by atoms with Gasteiger partial charge in [-0.15, -0.1) is 0 Å². The molecule has 0 bridgehead atoms. The van der Waals surface area contributed by atoms with Gasteiger partial charge in [0.05, 0.1) is 17.2 Å². The molecule has 0 unspecified atom stereocenters. The zero-order chi connectivity index (χ0) is 20.8. The lowest BCUT2D eigenvalue weighted by Crippen LogP contribution is -2.45. The number of alkyl carbamates (subject to hydrolysis) is 1. The number of nitrogens with zero attached hydrogens (tertiary/aromatic N) is 2. The molecule has 1 saturated carbocycles. The summed E-state index contributed by atoms with van der Waals surface area (Å²) in [6.45, 7) is -0.676. The largest absolute Gasteiger partial charge is 0.447 e. The number of carbonyl (C=O) groups is 2. The second-order valence-corrected chi connectivity index (χ2v) is 7.12. The van der Waals surface area contributed by atoms with Crippen molar-refractivity contribution in [3.8, 4) is 0 Å². The molecule has 1 fully saturated rings. The van der Waals surface area contributed by atoms with E-state index in [0.717, 1.165) is 23.9 Å². The van der Waals surface area contributed by atoms with Gasteiger partial charge in [0.25, 0.3) is 5.91 Å². The minimum Gasteiger partial charge on any atom is -0.447 e. The Labute approximate surface area is 172 Å². The number of hydrogen-bond donors (Lipinski definition) is 3. The molecule has 8 nitrogen and oxygen atoms in total. The summed E-state index contributed by atoms with van der Waals surface area (Å²) in [5.74, 6) is 5.55. The number of ether oxygens (including phenoxy) is 1. The summed E-state index contributed by atoms with van der Waals surface area (Å²) in [6, 6.07) is 7.06. The van der Waals surface area contributed by atoms with Crippen molar-refractivity contribution in [2.45, 2.75) is 18.8 Å². The number of alkyl halides is 1. The molecule has 2 amide bonds. The second-order valence-electron chi connectivity index (χ2n) is 6.72. The number of rotatable bonds is 9. The van der Waals surface area contributed by atoms with E-state index in [0.29, 0.717) is 22.0 Å². The van der Waals surface area contributed by atoms with Crippen LogP contribution >= 0.6 is 11.6 Å². The highest BCUT2D eigenvalue weighted by Crippen LogP contribution is 2.41. The summed E-state index contributed by atoms with van der Waals surface area (Å²) >= 11 is 6.38. The summed E-state index contributed by atoms with van der Waals surface area (Å²) < 4.78 is 16.6. The van der Waals surface area contributed by atoms with Crippen LogP contribution in [0.3, 0.4) is 0 Å². The lowest BCUT2D eigenvalue weighted by molar-refractivity contribution is 0.0740. The third-order valence-electron chi connectivity index (χ3n) is 4.55. The molecule has 0 saturated heterocycles. The van der Waals surface area contributed by atoms with Crippen molar-refractivity contribution in [1.29, 1.82) is 0 Å². The third-order valence-corrected chi connectivity index (χ3v) is 4.87. The maximum Gasteiger partial charge on any atom is 0.407 e. The van der Waals surface area contributed by atoms with Crippen LogP contribution in [0.2, 0.25) is 5.02 Å².